The number of likely N-dealkylation sites (N-methyl/N-ethyl adjacent to an activating group) is 1. The van der Waals surface area contributed by atoms with E-state index in [0.29, 0.717) is 6.54 Å². The van der Waals surface area contributed by atoms with Gasteiger partial charge in [0.05, 0.1) is 0 Å². The van der Waals surface area contributed by atoms with Gasteiger partial charge in [0.25, 0.3) is 0 Å². The third-order valence-corrected chi connectivity index (χ3v) is 5.69. The molecule has 0 unspecified atom stereocenters. The number of halogens is 1. The normalized spacial score (nSPS) is 19.4. The molecule has 1 saturated heterocycles. The number of nitrogens with zero attached hydrogens (tertiary/aromatic N) is 2. The summed E-state index contributed by atoms with van der Waals surface area (Å²) in [6, 6.07) is 0. The van der Waals surface area contributed by atoms with Gasteiger partial charge in [0.2, 0.25) is 10.0 Å². The van der Waals surface area contributed by atoms with E-state index >= 15 is 0 Å². The first-order valence-electron chi connectivity index (χ1n) is 4.78. The fraction of sp³-hybridized carbons (Fsp3) is 1.00. The molecule has 14 heavy (non-hydrogen) atoms. The van der Waals surface area contributed by atoms with Gasteiger partial charge >= 0.3 is 0 Å². The third kappa shape index (κ3) is 3.49. The molecule has 0 aromatic rings. The number of sulfonamides is 1. The van der Waals surface area contributed by atoms with E-state index in [9.17, 15) is 8.42 Å². The molecule has 0 aromatic carbocycles. The number of likely N-dealkylation sites (tertiary alicyclic amines) is 1. The summed E-state index contributed by atoms with van der Waals surface area (Å²) in [5, 5.41) is 0. The standard InChI is InChI=1S/C8H17BrN2O2S/c1-10(14(12,13)8-9)6-7-11-4-2-3-5-11/h2-8H2,1H3. The molecule has 0 bridgehead atoms. The van der Waals surface area contributed by atoms with Crippen LogP contribution in [0, 0.1) is 0 Å². The molecule has 1 aliphatic heterocycles. The Morgan fingerprint density at radius 1 is 1.36 bits per heavy atom. The Kier molecular flexibility index (Phi) is 4.82. The van der Waals surface area contributed by atoms with Gasteiger partial charge < -0.3 is 4.90 Å². The van der Waals surface area contributed by atoms with Crippen molar-refractivity contribution in [1.29, 1.82) is 0 Å². The van der Waals surface area contributed by atoms with Crippen LogP contribution in [0.4, 0.5) is 0 Å². The largest absolute Gasteiger partial charge is 0.302 e. The smallest absolute Gasteiger partial charge is 0.223 e. The van der Waals surface area contributed by atoms with E-state index in [1.54, 1.807) is 7.05 Å². The summed E-state index contributed by atoms with van der Waals surface area (Å²) in [4.78, 5) is 2.31. The fourth-order valence-electron chi connectivity index (χ4n) is 1.51. The third-order valence-electron chi connectivity index (χ3n) is 2.54. The fourth-order valence-corrected chi connectivity index (χ4v) is 3.09. The molecule has 0 spiro atoms. The van der Waals surface area contributed by atoms with E-state index in [4.69, 9.17) is 0 Å². The first-order chi connectivity index (χ1) is 6.56. The van der Waals surface area contributed by atoms with E-state index < -0.39 is 10.0 Å². The Bertz CT molecular complexity index is 263. The Balaban J connectivity index is 2.30. The van der Waals surface area contributed by atoms with Crippen LogP contribution in [0.2, 0.25) is 0 Å². The maximum Gasteiger partial charge on any atom is 0.223 e. The lowest BCUT2D eigenvalue weighted by atomic mass is 10.4. The number of hydrogen-bond donors (Lipinski definition) is 0. The number of alkyl halides is 1. The molecule has 0 aliphatic carbocycles. The zero-order valence-electron chi connectivity index (χ0n) is 8.45. The molecular weight excluding hydrogens is 268 g/mol. The minimum atomic E-state index is -3.07. The van der Waals surface area contributed by atoms with Crippen molar-refractivity contribution in [3.63, 3.8) is 0 Å². The van der Waals surface area contributed by atoms with Crippen LogP contribution in [0.1, 0.15) is 12.8 Å². The molecule has 0 N–H and O–H groups in total. The van der Waals surface area contributed by atoms with Gasteiger partial charge in [-0.2, -0.15) is 0 Å². The molecule has 1 rings (SSSR count). The second-order valence-electron chi connectivity index (χ2n) is 3.59. The summed E-state index contributed by atoms with van der Waals surface area (Å²) in [5.74, 6) is 0. The maximum atomic E-state index is 11.4. The summed E-state index contributed by atoms with van der Waals surface area (Å²) in [5.41, 5.74) is 0. The second kappa shape index (κ2) is 5.44. The Morgan fingerprint density at radius 2 is 1.93 bits per heavy atom. The molecule has 0 radical (unpaired) electrons. The molecule has 0 aromatic heterocycles. The Morgan fingerprint density at radius 3 is 2.43 bits per heavy atom. The van der Waals surface area contributed by atoms with E-state index in [1.807, 2.05) is 0 Å². The molecule has 84 valence electrons. The first kappa shape index (κ1) is 12.4. The van der Waals surface area contributed by atoms with Crippen LogP contribution >= 0.6 is 15.9 Å². The summed E-state index contributed by atoms with van der Waals surface area (Å²) >= 11 is 2.98. The lowest BCUT2D eigenvalue weighted by molar-refractivity contribution is 0.310. The van der Waals surface area contributed by atoms with Crippen molar-refractivity contribution >= 4 is 26.0 Å². The average molecular weight is 285 g/mol. The quantitative estimate of drug-likeness (QED) is 0.698. The van der Waals surface area contributed by atoms with Gasteiger partial charge in [0.15, 0.2) is 0 Å². The monoisotopic (exact) mass is 284 g/mol. The van der Waals surface area contributed by atoms with Gasteiger partial charge in [-0.25, -0.2) is 12.7 Å². The molecule has 0 amide bonds. The van der Waals surface area contributed by atoms with Gasteiger partial charge in [-0.1, -0.05) is 15.9 Å². The van der Waals surface area contributed by atoms with Crippen molar-refractivity contribution in [2.24, 2.45) is 0 Å². The molecule has 4 nitrogen and oxygen atoms in total. The van der Waals surface area contributed by atoms with Crippen LogP contribution in [0.3, 0.4) is 0 Å². The highest BCUT2D eigenvalue weighted by Crippen LogP contribution is 2.08. The summed E-state index contributed by atoms with van der Waals surface area (Å²) in [6.07, 6.45) is 2.49. The summed E-state index contributed by atoms with van der Waals surface area (Å²) in [7, 11) is -1.43. The van der Waals surface area contributed by atoms with Crippen molar-refractivity contribution in [2.75, 3.05) is 37.9 Å². The van der Waals surface area contributed by atoms with Gasteiger partial charge in [0, 0.05) is 20.1 Å². The van der Waals surface area contributed by atoms with E-state index in [0.717, 1.165) is 19.6 Å². The van der Waals surface area contributed by atoms with Gasteiger partial charge in [-0.3, -0.25) is 0 Å². The zero-order chi connectivity index (χ0) is 10.6. The van der Waals surface area contributed by atoms with Gasteiger partial charge in [-0.05, 0) is 25.9 Å². The molecule has 0 saturated carbocycles. The molecule has 6 heteroatoms. The summed E-state index contributed by atoms with van der Waals surface area (Å²) < 4.78 is 24.2. The van der Waals surface area contributed by atoms with E-state index in [-0.39, 0.29) is 4.66 Å². The highest BCUT2D eigenvalue weighted by molar-refractivity contribution is 9.10. The molecule has 0 atom stereocenters. The van der Waals surface area contributed by atoms with Crippen LogP contribution in [0.5, 0.6) is 0 Å². The summed E-state index contributed by atoms with van der Waals surface area (Å²) in [6.45, 7) is 3.67. The second-order valence-corrected chi connectivity index (χ2v) is 6.97. The molecule has 1 fully saturated rings. The van der Waals surface area contributed by atoms with Gasteiger partial charge in [0.1, 0.15) is 4.66 Å². The van der Waals surface area contributed by atoms with Crippen LogP contribution in [0.25, 0.3) is 0 Å². The molecule has 1 aliphatic rings. The zero-order valence-corrected chi connectivity index (χ0v) is 10.8. The minimum absolute atomic E-state index is 0.0104. The predicted octanol–water partition coefficient (Wildman–Crippen LogP) is 0.696. The topological polar surface area (TPSA) is 40.6 Å². The van der Waals surface area contributed by atoms with Crippen molar-refractivity contribution in [2.45, 2.75) is 12.8 Å². The van der Waals surface area contributed by atoms with Crippen molar-refractivity contribution < 1.29 is 8.42 Å². The number of hydrogen-bond acceptors (Lipinski definition) is 3. The predicted molar refractivity (Wildman–Crippen MR) is 61.0 cm³/mol. The van der Waals surface area contributed by atoms with Crippen molar-refractivity contribution in [3.05, 3.63) is 0 Å². The maximum absolute atomic E-state index is 11.4. The Hall–Kier alpha value is 0.350. The van der Waals surface area contributed by atoms with Crippen LogP contribution in [0.15, 0.2) is 0 Å². The highest BCUT2D eigenvalue weighted by atomic mass is 79.9. The average Bonchev–Trinajstić information content (AvgIpc) is 2.66. The lowest BCUT2D eigenvalue weighted by Gasteiger charge is -2.20. The van der Waals surface area contributed by atoms with Gasteiger partial charge in [-0.15, -0.1) is 0 Å². The SMILES string of the molecule is CN(CCN1CCCC1)S(=O)(=O)CBr. The first-order valence-corrected chi connectivity index (χ1v) is 7.51. The van der Waals surface area contributed by atoms with E-state index in [2.05, 4.69) is 20.8 Å². The molecule has 1 heterocycles. The van der Waals surface area contributed by atoms with Crippen LogP contribution in [-0.2, 0) is 10.0 Å². The van der Waals surface area contributed by atoms with Crippen molar-refractivity contribution in [3.8, 4) is 0 Å². The van der Waals surface area contributed by atoms with Crippen molar-refractivity contribution in [1.82, 2.24) is 9.21 Å². The number of rotatable bonds is 5. The van der Waals surface area contributed by atoms with Crippen LogP contribution in [-0.4, -0.2) is 55.5 Å². The minimum Gasteiger partial charge on any atom is -0.302 e. The Labute approximate surface area is 94.4 Å². The lowest BCUT2D eigenvalue weighted by Crippen LogP contribution is -2.35. The van der Waals surface area contributed by atoms with Crippen LogP contribution < -0.4 is 0 Å². The van der Waals surface area contributed by atoms with E-state index in [1.165, 1.54) is 17.1 Å². The highest BCUT2D eigenvalue weighted by Gasteiger charge is 2.18. The molecular formula is C8H17BrN2O2S.